The van der Waals surface area contributed by atoms with E-state index in [1.165, 1.54) is 24.8 Å². The minimum atomic E-state index is -3.54. The molecular weight excluding hydrogens is 278 g/mol. The number of nitrogens with zero attached hydrogens (tertiary/aromatic N) is 1. The molecule has 0 radical (unpaired) electrons. The third kappa shape index (κ3) is 2.28. The van der Waals surface area contributed by atoms with Gasteiger partial charge in [0.25, 0.3) is 0 Å². The predicted molar refractivity (Wildman–Crippen MR) is 77.7 cm³/mol. The first kappa shape index (κ1) is 14.8. The Morgan fingerprint density at radius 2 is 2.00 bits per heavy atom. The molecule has 2 rings (SSSR count). The van der Waals surface area contributed by atoms with Gasteiger partial charge in [-0.25, -0.2) is 8.42 Å². The Kier molecular flexibility index (Phi) is 3.54. The first-order chi connectivity index (χ1) is 9.16. The zero-order valence-corrected chi connectivity index (χ0v) is 12.7. The summed E-state index contributed by atoms with van der Waals surface area (Å²) in [7, 11) is -3.54. The van der Waals surface area contributed by atoms with E-state index in [0.717, 1.165) is 24.7 Å². The van der Waals surface area contributed by atoms with Crippen molar-refractivity contribution in [1.82, 2.24) is 0 Å². The second-order valence-electron chi connectivity index (χ2n) is 5.63. The molecule has 0 saturated carbocycles. The molecule has 0 saturated heterocycles. The molecule has 0 atom stereocenters. The molecule has 110 valence electrons. The van der Waals surface area contributed by atoms with Gasteiger partial charge in [-0.15, -0.1) is 0 Å². The number of carbonyl (C=O) groups excluding carboxylic acids is 1. The molecule has 1 heterocycles. The average molecular weight is 297 g/mol. The monoisotopic (exact) mass is 297 g/mol. The van der Waals surface area contributed by atoms with Crippen molar-refractivity contribution in [2.75, 3.05) is 17.7 Å². The summed E-state index contributed by atoms with van der Waals surface area (Å²) in [6, 6.07) is 5.09. The van der Waals surface area contributed by atoms with Crippen LogP contribution in [0, 0.1) is 0 Å². The van der Waals surface area contributed by atoms with Gasteiger partial charge in [-0.1, -0.05) is 12.1 Å². The maximum Gasteiger partial charge on any atom is 0.247 e. The third-order valence-electron chi connectivity index (χ3n) is 3.88. The van der Waals surface area contributed by atoms with Crippen molar-refractivity contribution in [2.24, 2.45) is 0 Å². The molecule has 1 aliphatic heterocycles. The molecule has 0 unspecified atom stereocenters. The van der Waals surface area contributed by atoms with E-state index in [9.17, 15) is 18.3 Å². The van der Waals surface area contributed by atoms with Crippen LogP contribution in [0.2, 0.25) is 0 Å². The standard InChI is InChI=1S/C14H19NO4S/c1-14(2,20(3,18)19)13(17)15-9-5-7-10-6-4-8-11(16)12(10)15/h4,6,8,16H,5,7,9H2,1-3H3. The normalized spacial score (nSPS) is 15.8. The maximum atomic E-state index is 12.6. The number of phenols is 1. The second-order valence-corrected chi connectivity index (χ2v) is 8.19. The topological polar surface area (TPSA) is 74.7 Å². The van der Waals surface area contributed by atoms with E-state index in [0.29, 0.717) is 12.2 Å². The van der Waals surface area contributed by atoms with E-state index < -0.39 is 20.5 Å². The molecule has 5 nitrogen and oxygen atoms in total. The van der Waals surface area contributed by atoms with Gasteiger partial charge in [0.05, 0.1) is 5.69 Å². The summed E-state index contributed by atoms with van der Waals surface area (Å²) < 4.78 is 22.1. The molecule has 0 aromatic heterocycles. The molecule has 1 aliphatic rings. The summed E-state index contributed by atoms with van der Waals surface area (Å²) in [5.74, 6) is -0.484. The predicted octanol–water partition coefficient (Wildman–Crippen LogP) is 1.49. The number of hydrogen-bond donors (Lipinski definition) is 1. The van der Waals surface area contributed by atoms with Crippen LogP contribution in [0.5, 0.6) is 5.75 Å². The Balaban J connectivity index is 2.50. The Morgan fingerprint density at radius 1 is 1.35 bits per heavy atom. The zero-order chi connectivity index (χ0) is 15.1. The summed E-state index contributed by atoms with van der Waals surface area (Å²) in [4.78, 5) is 14.0. The van der Waals surface area contributed by atoms with Gasteiger partial charge in [0.2, 0.25) is 5.91 Å². The molecule has 6 heteroatoms. The summed E-state index contributed by atoms with van der Waals surface area (Å²) in [5, 5.41) is 10.0. The number of carbonyl (C=O) groups is 1. The molecule has 0 aliphatic carbocycles. The number of rotatable bonds is 2. The van der Waals surface area contributed by atoms with E-state index in [2.05, 4.69) is 0 Å². The number of fused-ring (bicyclic) bond motifs is 1. The van der Waals surface area contributed by atoms with Crippen molar-refractivity contribution in [2.45, 2.75) is 31.4 Å². The summed E-state index contributed by atoms with van der Waals surface area (Å²) in [6.07, 6.45) is 2.58. The summed E-state index contributed by atoms with van der Waals surface area (Å²) in [5.41, 5.74) is 1.31. The number of aromatic hydroxyl groups is 1. The highest BCUT2D eigenvalue weighted by Gasteiger charge is 2.43. The lowest BCUT2D eigenvalue weighted by atomic mass is 9.99. The largest absolute Gasteiger partial charge is 0.506 e. The van der Waals surface area contributed by atoms with Crippen molar-refractivity contribution in [1.29, 1.82) is 0 Å². The Bertz CT molecular complexity index is 649. The van der Waals surface area contributed by atoms with Gasteiger partial charge < -0.3 is 10.0 Å². The first-order valence-corrected chi connectivity index (χ1v) is 8.38. The van der Waals surface area contributed by atoms with Gasteiger partial charge in [0.1, 0.15) is 10.5 Å². The zero-order valence-electron chi connectivity index (χ0n) is 11.9. The fraction of sp³-hybridized carbons (Fsp3) is 0.500. The minimum Gasteiger partial charge on any atom is -0.506 e. The lowest BCUT2D eigenvalue weighted by molar-refractivity contribution is -0.120. The molecule has 0 bridgehead atoms. The van der Waals surface area contributed by atoms with Crippen LogP contribution in [0.3, 0.4) is 0 Å². The second kappa shape index (κ2) is 4.77. The molecule has 0 spiro atoms. The van der Waals surface area contributed by atoms with Crippen LogP contribution in [-0.2, 0) is 21.1 Å². The third-order valence-corrected chi connectivity index (χ3v) is 5.91. The minimum absolute atomic E-state index is 0.0138. The first-order valence-electron chi connectivity index (χ1n) is 6.48. The summed E-state index contributed by atoms with van der Waals surface area (Å²) >= 11 is 0. The van der Waals surface area contributed by atoms with Gasteiger partial charge in [0.15, 0.2) is 9.84 Å². The molecule has 1 aromatic rings. The lowest BCUT2D eigenvalue weighted by Gasteiger charge is -2.35. The molecule has 1 amide bonds. The van der Waals surface area contributed by atoms with Crippen LogP contribution in [0.25, 0.3) is 0 Å². The number of anilines is 1. The van der Waals surface area contributed by atoms with Gasteiger partial charge in [-0.2, -0.15) is 0 Å². The molecule has 1 aromatic carbocycles. The van der Waals surface area contributed by atoms with E-state index >= 15 is 0 Å². The highest BCUT2D eigenvalue weighted by Crippen LogP contribution is 2.37. The van der Waals surface area contributed by atoms with Crippen LogP contribution in [-0.4, -0.2) is 37.0 Å². The number of phenolic OH excluding ortho intramolecular Hbond substituents is 1. The smallest absolute Gasteiger partial charge is 0.247 e. The van der Waals surface area contributed by atoms with Crippen molar-refractivity contribution >= 4 is 21.4 Å². The van der Waals surface area contributed by atoms with Crippen LogP contribution >= 0.6 is 0 Å². The van der Waals surface area contributed by atoms with E-state index in [1.807, 2.05) is 6.07 Å². The van der Waals surface area contributed by atoms with Crippen LogP contribution in [0.4, 0.5) is 5.69 Å². The quantitative estimate of drug-likeness (QED) is 0.897. The molecule has 0 fully saturated rings. The Morgan fingerprint density at radius 3 is 2.60 bits per heavy atom. The highest BCUT2D eigenvalue weighted by molar-refractivity contribution is 7.92. The molecule has 1 N–H and O–H groups in total. The van der Waals surface area contributed by atoms with Crippen molar-refractivity contribution in [3.05, 3.63) is 23.8 Å². The number of hydrogen-bond acceptors (Lipinski definition) is 4. The van der Waals surface area contributed by atoms with E-state index in [1.54, 1.807) is 6.07 Å². The summed E-state index contributed by atoms with van der Waals surface area (Å²) in [6.45, 7) is 3.22. The van der Waals surface area contributed by atoms with Crippen LogP contribution in [0.1, 0.15) is 25.8 Å². The van der Waals surface area contributed by atoms with E-state index in [-0.39, 0.29) is 5.75 Å². The fourth-order valence-corrected chi connectivity index (χ4v) is 2.74. The highest BCUT2D eigenvalue weighted by atomic mass is 32.2. The Hall–Kier alpha value is -1.56. The fourth-order valence-electron chi connectivity index (χ4n) is 2.32. The van der Waals surface area contributed by atoms with Crippen molar-refractivity contribution < 1.29 is 18.3 Å². The number of sulfone groups is 1. The van der Waals surface area contributed by atoms with Crippen LogP contribution < -0.4 is 4.90 Å². The maximum absolute atomic E-state index is 12.6. The lowest BCUT2D eigenvalue weighted by Crippen LogP contribution is -2.51. The average Bonchev–Trinajstić information content (AvgIpc) is 2.36. The number of para-hydroxylation sites is 1. The number of benzene rings is 1. The number of aryl methyl sites for hydroxylation is 1. The Labute approximate surface area is 119 Å². The van der Waals surface area contributed by atoms with Gasteiger partial charge in [-0.3, -0.25) is 4.79 Å². The van der Waals surface area contributed by atoms with Gasteiger partial charge in [-0.05, 0) is 38.3 Å². The molecule has 20 heavy (non-hydrogen) atoms. The number of amides is 1. The van der Waals surface area contributed by atoms with Crippen LogP contribution in [0.15, 0.2) is 18.2 Å². The molecular formula is C14H19NO4S. The van der Waals surface area contributed by atoms with Gasteiger partial charge in [0, 0.05) is 12.8 Å². The SMILES string of the molecule is CC(C)(C(=O)N1CCCc2cccc(O)c21)S(C)(=O)=O. The van der Waals surface area contributed by atoms with E-state index in [4.69, 9.17) is 0 Å². The van der Waals surface area contributed by atoms with Gasteiger partial charge >= 0.3 is 0 Å². The van der Waals surface area contributed by atoms with Crippen molar-refractivity contribution in [3.8, 4) is 5.75 Å². The van der Waals surface area contributed by atoms with Crippen molar-refractivity contribution in [3.63, 3.8) is 0 Å².